The zero-order chi connectivity index (χ0) is 12.4. The average Bonchev–Trinajstić information content (AvgIpc) is 2.38. The third-order valence-corrected chi connectivity index (χ3v) is 2.98. The average molecular weight is 251 g/mol. The molecule has 0 saturated heterocycles. The second-order valence-electron chi connectivity index (χ2n) is 3.47. The molecule has 0 aliphatic heterocycles. The lowest BCUT2D eigenvalue weighted by Crippen LogP contribution is -2.02. The van der Waals surface area contributed by atoms with Crippen LogP contribution in [0.3, 0.4) is 0 Å². The lowest BCUT2D eigenvalue weighted by atomic mass is 10.0. The third-order valence-electron chi connectivity index (χ3n) is 2.59. The van der Waals surface area contributed by atoms with Crippen LogP contribution in [0.4, 0.5) is 0 Å². The van der Waals surface area contributed by atoms with Crippen LogP contribution in [-0.2, 0) is 4.74 Å². The highest BCUT2D eigenvalue weighted by molar-refractivity contribution is 6.37. The van der Waals surface area contributed by atoms with Crippen molar-refractivity contribution in [3.05, 3.63) is 40.9 Å². The van der Waals surface area contributed by atoms with Crippen LogP contribution in [-0.4, -0.2) is 20.2 Å². The topological polar surface area (TPSA) is 35.5 Å². The van der Waals surface area contributed by atoms with Crippen molar-refractivity contribution in [1.82, 2.24) is 0 Å². The molecule has 88 valence electrons. The Morgan fingerprint density at radius 1 is 1.12 bits per heavy atom. The van der Waals surface area contributed by atoms with Crippen molar-refractivity contribution in [2.75, 3.05) is 14.2 Å². The van der Waals surface area contributed by atoms with Gasteiger partial charge in [0.05, 0.1) is 24.8 Å². The fourth-order valence-corrected chi connectivity index (χ4v) is 2.05. The number of methoxy groups -OCH3 is 2. The first kappa shape index (κ1) is 11.7. The predicted molar refractivity (Wildman–Crippen MR) is 66.8 cm³/mol. The first-order valence-corrected chi connectivity index (χ1v) is 5.40. The minimum atomic E-state index is -0.378. The Hall–Kier alpha value is -1.74. The van der Waals surface area contributed by atoms with Gasteiger partial charge < -0.3 is 9.47 Å². The van der Waals surface area contributed by atoms with E-state index >= 15 is 0 Å². The summed E-state index contributed by atoms with van der Waals surface area (Å²) < 4.78 is 9.86. The van der Waals surface area contributed by atoms with E-state index in [4.69, 9.17) is 21.1 Å². The molecule has 0 atom stereocenters. The van der Waals surface area contributed by atoms with Crippen molar-refractivity contribution >= 4 is 28.3 Å². The van der Waals surface area contributed by atoms with E-state index < -0.39 is 0 Å². The summed E-state index contributed by atoms with van der Waals surface area (Å²) in [5, 5.41) is 2.02. The van der Waals surface area contributed by atoms with E-state index in [0.29, 0.717) is 16.3 Å². The molecule has 2 aromatic rings. The van der Waals surface area contributed by atoms with E-state index in [2.05, 4.69) is 0 Å². The molecule has 0 unspecified atom stereocenters. The fraction of sp³-hybridized carbons (Fsp3) is 0.154. The van der Waals surface area contributed by atoms with Gasteiger partial charge in [0.1, 0.15) is 5.75 Å². The first-order chi connectivity index (χ1) is 8.19. The summed E-state index contributed by atoms with van der Waals surface area (Å²) in [5.74, 6) is 0.206. The maximum absolute atomic E-state index is 11.6. The molecule has 2 aromatic carbocycles. The van der Waals surface area contributed by atoms with E-state index in [1.807, 2.05) is 6.07 Å². The first-order valence-electron chi connectivity index (χ1n) is 5.02. The maximum Gasteiger partial charge on any atom is 0.338 e. The summed E-state index contributed by atoms with van der Waals surface area (Å²) >= 11 is 6.18. The molecule has 0 saturated carbocycles. The van der Waals surface area contributed by atoms with E-state index in [-0.39, 0.29) is 5.97 Å². The van der Waals surface area contributed by atoms with Gasteiger partial charge in [-0.05, 0) is 23.6 Å². The SMILES string of the molecule is COC(=O)c1cccc2c(Cl)c(OC)ccc12. The number of benzene rings is 2. The van der Waals surface area contributed by atoms with E-state index in [1.165, 1.54) is 7.11 Å². The standard InChI is InChI=1S/C13H11ClO3/c1-16-11-7-6-8-9(12(11)14)4-3-5-10(8)13(15)17-2/h3-7H,1-2H3. The molecule has 2 rings (SSSR count). The molecular formula is C13H11ClO3. The van der Waals surface area contributed by atoms with Gasteiger partial charge in [-0.1, -0.05) is 23.7 Å². The Balaban J connectivity index is 2.75. The molecule has 0 bridgehead atoms. The Bertz CT molecular complexity index is 578. The molecule has 0 heterocycles. The lowest BCUT2D eigenvalue weighted by molar-refractivity contribution is 0.0603. The number of carbonyl (C=O) groups excluding carboxylic acids is 1. The van der Waals surface area contributed by atoms with Crippen molar-refractivity contribution in [3.8, 4) is 5.75 Å². The van der Waals surface area contributed by atoms with Crippen LogP contribution in [0, 0.1) is 0 Å². The highest BCUT2D eigenvalue weighted by Gasteiger charge is 2.13. The van der Waals surface area contributed by atoms with Gasteiger partial charge in [0.15, 0.2) is 0 Å². The van der Waals surface area contributed by atoms with E-state index in [1.54, 1.807) is 31.4 Å². The van der Waals surface area contributed by atoms with Gasteiger partial charge >= 0.3 is 5.97 Å². The summed E-state index contributed by atoms with van der Waals surface area (Å²) in [5.41, 5.74) is 0.495. The molecule has 0 N–H and O–H groups in total. The van der Waals surface area contributed by atoms with Crippen LogP contribution in [0.2, 0.25) is 5.02 Å². The molecule has 0 spiro atoms. The number of hydrogen-bond acceptors (Lipinski definition) is 3. The Kier molecular flexibility index (Phi) is 3.20. The van der Waals surface area contributed by atoms with Crippen LogP contribution < -0.4 is 4.74 Å². The zero-order valence-electron chi connectivity index (χ0n) is 9.49. The number of hydrogen-bond donors (Lipinski definition) is 0. The largest absolute Gasteiger partial charge is 0.495 e. The molecule has 0 fully saturated rings. The van der Waals surface area contributed by atoms with Crippen LogP contribution in [0.1, 0.15) is 10.4 Å². The molecule has 4 heteroatoms. The van der Waals surface area contributed by atoms with Crippen molar-refractivity contribution in [2.45, 2.75) is 0 Å². The molecular weight excluding hydrogens is 240 g/mol. The lowest BCUT2D eigenvalue weighted by Gasteiger charge is -2.09. The number of fused-ring (bicyclic) bond motifs is 1. The second-order valence-corrected chi connectivity index (χ2v) is 3.85. The number of esters is 1. The molecule has 0 aliphatic rings. The van der Waals surface area contributed by atoms with Gasteiger partial charge in [0.25, 0.3) is 0 Å². The Morgan fingerprint density at radius 3 is 2.53 bits per heavy atom. The van der Waals surface area contributed by atoms with E-state index in [9.17, 15) is 4.79 Å². The number of rotatable bonds is 2. The van der Waals surface area contributed by atoms with Gasteiger partial charge in [-0.15, -0.1) is 0 Å². The van der Waals surface area contributed by atoms with Crippen LogP contribution in [0.25, 0.3) is 10.8 Å². The minimum Gasteiger partial charge on any atom is -0.495 e. The van der Waals surface area contributed by atoms with Crippen molar-refractivity contribution in [3.63, 3.8) is 0 Å². The van der Waals surface area contributed by atoms with Gasteiger partial charge in [-0.3, -0.25) is 0 Å². The summed E-state index contributed by atoms with van der Waals surface area (Å²) in [6.07, 6.45) is 0. The van der Waals surface area contributed by atoms with Crippen LogP contribution >= 0.6 is 11.6 Å². The number of carbonyl (C=O) groups is 1. The highest BCUT2D eigenvalue weighted by Crippen LogP contribution is 2.34. The normalized spacial score (nSPS) is 10.3. The number of halogens is 1. The van der Waals surface area contributed by atoms with Crippen LogP contribution in [0.15, 0.2) is 30.3 Å². The second kappa shape index (κ2) is 4.63. The highest BCUT2D eigenvalue weighted by atomic mass is 35.5. The van der Waals surface area contributed by atoms with Crippen molar-refractivity contribution in [1.29, 1.82) is 0 Å². The molecule has 17 heavy (non-hydrogen) atoms. The third kappa shape index (κ3) is 1.94. The summed E-state index contributed by atoms with van der Waals surface area (Å²) in [4.78, 5) is 11.6. The van der Waals surface area contributed by atoms with Crippen molar-refractivity contribution in [2.24, 2.45) is 0 Å². The van der Waals surface area contributed by atoms with E-state index in [0.717, 1.165) is 10.8 Å². The summed E-state index contributed by atoms with van der Waals surface area (Å²) in [6.45, 7) is 0. The van der Waals surface area contributed by atoms with Gasteiger partial charge in [-0.2, -0.15) is 0 Å². The van der Waals surface area contributed by atoms with Gasteiger partial charge in [0.2, 0.25) is 0 Å². The van der Waals surface area contributed by atoms with Crippen LogP contribution in [0.5, 0.6) is 5.75 Å². The van der Waals surface area contributed by atoms with Gasteiger partial charge in [0, 0.05) is 5.39 Å². The molecule has 0 aromatic heterocycles. The smallest absolute Gasteiger partial charge is 0.338 e. The maximum atomic E-state index is 11.6. The van der Waals surface area contributed by atoms with Gasteiger partial charge in [-0.25, -0.2) is 4.79 Å². The predicted octanol–water partition coefficient (Wildman–Crippen LogP) is 3.29. The minimum absolute atomic E-state index is 0.378. The summed E-state index contributed by atoms with van der Waals surface area (Å²) in [6, 6.07) is 8.84. The number of ether oxygens (including phenoxy) is 2. The molecule has 0 radical (unpaired) electrons. The zero-order valence-corrected chi connectivity index (χ0v) is 10.2. The fourth-order valence-electron chi connectivity index (χ4n) is 1.75. The molecule has 0 amide bonds. The Morgan fingerprint density at radius 2 is 1.88 bits per heavy atom. The molecule has 0 aliphatic carbocycles. The monoisotopic (exact) mass is 250 g/mol. The summed E-state index contributed by atoms with van der Waals surface area (Å²) in [7, 11) is 2.91. The Labute approximate surface area is 104 Å². The van der Waals surface area contributed by atoms with Crippen molar-refractivity contribution < 1.29 is 14.3 Å². The molecule has 3 nitrogen and oxygen atoms in total. The quantitative estimate of drug-likeness (QED) is 0.768.